The predicted molar refractivity (Wildman–Crippen MR) is 103 cm³/mol. The lowest BCUT2D eigenvalue weighted by Crippen LogP contribution is -2.34. The lowest BCUT2D eigenvalue weighted by atomic mass is 10.1. The van der Waals surface area contributed by atoms with E-state index in [0.717, 1.165) is 5.69 Å². The van der Waals surface area contributed by atoms with Crippen LogP contribution in [0.3, 0.4) is 0 Å². The van der Waals surface area contributed by atoms with Crippen molar-refractivity contribution in [1.82, 2.24) is 5.32 Å². The SMILES string of the molecule is COc1cc(NC(=O)NC[C@@H]2CC(=O)N(c3ccccc3)C2)cc(OC)c1. The van der Waals surface area contributed by atoms with Crippen molar-refractivity contribution in [3.05, 3.63) is 48.5 Å². The Balaban J connectivity index is 1.53. The highest BCUT2D eigenvalue weighted by Gasteiger charge is 2.30. The zero-order valence-electron chi connectivity index (χ0n) is 15.4. The molecular weight excluding hydrogens is 346 g/mol. The number of para-hydroxylation sites is 1. The first kappa shape index (κ1) is 18.6. The second-order valence-corrected chi connectivity index (χ2v) is 6.35. The van der Waals surface area contributed by atoms with E-state index in [2.05, 4.69) is 10.6 Å². The smallest absolute Gasteiger partial charge is 0.319 e. The number of benzene rings is 2. The first-order chi connectivity index (χ1) is 13.1. The number of anilines is 2. The zero-order chi connectivity index (χ0) is 19.2. The van der Waals surface area contributed by atoms with Crippen LogP contribution in [0.2, 0.25) is 0 Å². The summed E-state index contributed by atoms with van der Waals surface area (Å²) in [5.74, 6) is 1.32. The number of hydrogen-bond acceptors (Lipinski definition) is 4. The van der Waals surface area contributed by atoms with Gasteiger partial charge in [-0.2, -0.15) is 0 Å². The molecule has 2 aromatic rings. The maximum Gasteiger partial charge on any atom is 0.319 e. The number of hydrogen-bond donors (Lipinski definition) is 2. The number of nitrogens with one attached hydrogen (secondary N) is 2. The van der Waals surface area contributed by atoms with Crippen molar-refractivity contribution in [2.24, 2.45) is 5.92 Å². The normalized spacial score (nSPS) is 16.1. The fourth-order valence-corrected chi connectivity index (χ4v) is 3.07. The van der Waals surface area contributed by atoms with Crippen LogP contribution in [0.25, 0.3) is 0 Å². The molecule has 1 fully saturated rings. The molecule has 0 unspecified atom stereocenters. The largest absolute Gasteiger partial charge is 0.497 e. The van der Waals surface area contributed by atoms with Crippen molar-refractivity contribution in [3.63, 3.8) is 0 Å². The quantitative estimate of drug-likeness (QED) is 0.821. The summed E-state index contributed by atoms with van der Waals surface area (Å²) in [6.07, 6.45) is 0.419. The summed E-state index contributed by atoms with van der Waals surface area (Å²) < 4.78 is 10.4. The first-order valence-corrected chi connectivity index (χ1v) is 8.72. The van der Waals surface area contributed by atoms with Crippen LogP contribution in [-0.4, -0.2) is 39.2 Å². The molecule has 3 rings (SSSR count). The van der Waals surface area contributed by atoms with E-state index in [1.54, 1.807) is 37.3 Å². The van der Waals surface area contributed by atoms with Crippen molar-refractivity contribution in [2.75, 3.05) is 37.5 Å². The number of amides is 3. The Morgan fingerprint density at radius 2 is 1.78 bits per heavy atom. The van der Waals surface area contributed by atoms with Crippen molar-refractivity contribution in [2.45, 2.75) is 6.42 Å². The van der Waals surface area contributed by atoms with Gasteiger partial charge in [-0.25, -0.2) is 4.79 Å². The minimum absolute atomic E-state index is 0.0725. The van der Waals surface area contributed by atoms with Gasteiger partial charge in [-0.3, -0.25) is 4.79 Å². The summed E-state index contributed by atoms with van der Waals surface area (Å²) in [4.78, 5) is 26.2. The molecule has 0 aromatic heterocycles. The van der Waals surface area contributed by atoms with E-state index in [1.807, 2.05) is 30.3 Å². The summed E-state index contributed by atoms with van der Waals surface area (Å²) >= 11 is 0. The second-order valence-electron chi connectivity index (χ2n) is 6.35. The van der Waals surface area contributed by atoms with Crippen LogP contribution < -0.4 is 25.0 Å². The maximum absolute atomic E-state index is 12.2. The number of carbonyl (C=O) groups excluding carboxylic acids is 2. The van der Waals surface area contributed by atoms with Gasteiger partial charge in [-0.1, -0.05) is 18.2 Å². The molecule has 0 bridgehead atoms. The molecule has 142 valence electrons. The molecule has 7 heteroatoms. The fourth-order valence-electron chi connectivity index (χ4n) is 3.07. The van der Waals surface area contributed by atoms with Crippen LogP contribution in [0.5, 0.6) is 11.5 Å². The molecule has 1 saturated heterocycles. The second kappa shape index (κ2) is 8.44. The van der Waals surface area contributed by atoms with E-state index in [4.69, 9.17) is 9.47 Å². The van der Waals surface area contributed by atoms with Gasteiger partial charge in [0.05, 0.1) is 14.2 Å². The van der Waals surface area contributed by atoms with Crippen LogP contribution in [-0.2, 0) is 4.79 Å². The lowest BCUT2D eigenvalue weighted by molar-refractivity contribution is -0.117. The minimum Gasteiger partial charge on any atom is -0.497 e. The van der Waals surface area contributed by atoms with Gasteiger partial charge in [0, 0.05) is 55.0 Å². The molecule has 3 amide bonds. The van der Waals surface area contributed by atoms with Gasteiger partial charge in [-0.15, -0.1) is 0 Å². The molecule has 2 aromatic carbocycles. The molecule has 1 aliphatic rings. The summed E-state index contributed by atoms with van der Waals surface area (Å²) in [6.45, 7) is 1.01. The molecule has 1 aliphatic heterocycles. The van der Waals surface area contributed by atoms with Crippen molar-refractivity contribution in [1.29, 1.82) is 0 Å². The van der Waals surface area contributed by atoms with Gasteiger partial charge in [0.2, 0.25) is 5.91 Å². The fraction of sp³-hybridized carbons (Fsp3) is 0.300. The van der Waals surface area contributed by atoms with E-state index in [-0.39, 0.29) is 17.9 Å². The van der Waals surface area contributed by atoms with E-state index in [9.17, 15) is 9.59 Å². The molecule has 1 heterocycles. The van der Waals surface area contributed by atoms with E-state index in [0.29, 0.717) is 36.7 Å². The molecule has 0 radical (unpaired) electrons. The molecular formula is C20H23N3O4. The molecule has 1 atom stereocenters. The van der Waals surface area contributed by atoms with Gasteiger partial charge >= 0.3 is 6.03 Å². The number of carbonyl (C=O) groups is 2. The molecule has 7 nitrogen and oxygen atoms in total. The van der Waals surface area contributed by atoms with Crippen molar-refractivity contribution >= 4 is 23.3 Å². The van der Waals surface area contributed by atoms with Crippen LogP contribution in [0.4, 0.5) is 16.2 Å². The average Bonchev–Trinajstić information content (AvgIpc) is 3.07. The number of methoxy groups -OCH3 is 2. The number of nitrogens with zero attached hydrogens (tertiary/aromatic N) is 1. The lowest BCUT2D eigenvalue weighted by Gasteiger charge is -2.17. The van der Waals surface area contributed by atoms with Crippen LogP contribution >= 0.6 is 0 Å². The third-order valence-corrected chi connectivity index (χ3v) is 4.43. The summed E-state index contributed by atoms with van der Waals surface area (Å²) in [7, 11) is 3.10. The number of ether oxygens (including phenoxy) is 2. The molecule has 0 spiro atoms. The van der Waals surface area contributed by atoms with Gasteiger partial charge in [0.15, 0.2) is 0 Å². The minimum atomic E-state index is -0.337. The molecule has 27 heavy (non-hydrogen) atoms. The van der Waals surface area contributed by atoms with Crippen LogP contribution in [0.15, 0.2) is 48.5 Å². The Kier molecular flexibility index (Phi) is 5.80. The average molecular weight is 369 g/mol. The summed E-state index contributed by atoms with van der Waals surface area (Å²) in [5, 5.41) is 5.59. The highest BCUT2D eigenvalue weighted by atomic mass is 16.5. The topological polar surface area (TPSA) is 79.9 Å². The molecule has 0 aliphatic carbocycles. The molecule has 2 N–H and O–H groups in total. The summed E-state index contributed by atoms with van der Waals surface area (Å²) in [5.41, 5.74) is 1.45. The Hall–Kier alpha value is -3.22. The Morgan fingerprint density at radius 1 is 1.11 bits per heavy atom. The van der Waals surface area contributed by atoms with E-state index < -0.39 is 0 Å². The Labute approximate surface area is 158 Å². The predicted octanol–water partition coefficient (Wildman–Crippen LogP) is 2.88. The highest BCUT2D eigenvalue weighted by Crippen LogP contribution is 2.26. The third kappa shape index (κ3) is 4.69. The zero-order valence-corrected chi connectivity index (χ0v) is 15.4. The monoisotopic (exact) mass is 369 g/mol. The number of rotatable bonds is 6. The standard InChI is InChI=1S/C20H23N3O4/c1-26-17-9-15(10-18(11-17)27-2)22-20(25)21-12-14-8-19(24)23(13-14)16-6-4-3-5-7-16/h3-7,9-11,14H,8,12-13H2,1-2H3,(H2,21,22,25)/t14-/m0/s1. The Bertz CT molecular complexity index is 788. The summed E-state index contributed by atoms with van der Waals surface area (Å²) in [6, 6.07) is 14.4. The van der Waals surface area contributed by atoms with Gasteiger partial charge < -0.3 is 25.0 Å². The van der Waals surface area contributed by atoms with Gasteiger partial charge in [0.25, 0.3) is 0 Å². The van der Waals surface area contributed by atoms with Crippen LogP contribution in [0.1, 0.15) is 6.42 Å². The van der Waals surface area contributed by atoms with Gasteiger partial charge in [0.1, 0.15) is 11.5 Å². The van der Waals surface area contributed by atoms with E-state index >= 15 is 0 Å². The molecule has 0 saturated carbocycles. The van der Waals surface area contributed by atoms with Gasteiger partial charge in [-0.05, 0) is 12.1 Å². The number of urea groups is 1. The highest BCUT2D eigenvalue weighted by molar-refractivity contribution is 5.96. The van der Waals surface area contributed by atoms with Crippen molar-refractivity contribution in [3.8, 4) is 11.5 Å². The van der Waals surface area contributed by atoms with Crippen LogP contribution in [0, 0.1) is 5.92 Å². The van der Waals surface area contributed by atoms with Crippen molar-refractivity contribution < 1.29 is 19.1 Å². The maximum atomic E-state index is 12.2. The first-order valence-electron chi connectivity index (χ1n) is 8.72. The Morgan fingerprint density at radius 3 is 2.41 bits per heavy atom. The third-order valence-electron chi connectivity index (χ3n) is 4.43. The van der Waals surface area contributed by atoms with E-state index in [1.165, 1.54) is 0 Å².